The number of hydrogen-bond acceptors (Lipinski definition) is 5. The third kappa shape index (κ3) is 3.92. The largest absolute Gasteiger partial charge is 0.312 e. The molecule has 27 heavy (non-hydrogen) atoms. The second kappa shape index (κ2) is 7.36. The van der Waals surface area contributed by atoms with E-state index in [1.807, 2.05) is 6.07 Å². The minimum atomic E-state index is -3.90. The molecular formula is C18H19N3O5S. The van der Waals surface area contributed by atoms with Gasteiger partial charge < -0.3 is 4.90 Å². The van der Waals surface area contributed by atoms with Gasteiger partial charge in [0.05, 0.1) is 15.5 Å². The van der Waals surface area contributed by atoms with Crippen LogP contribution < -0.4 is 9.62 Å². The molecule has 1 N–H and O–H groups in total. The highest BCUT2D eigenvalue weighted by Gasteiger charge is 2.23. The molecule has 0 aromatic heterocycles. The lowest BCUT2D eigenvalue weighted by atomic mass is 10.0. The van der Waals surface area contributed by atoms with E-state index in [4.69, 9.17) is 0 Å². The van der Waals surface area contributed by atoms with Crippen LogP contribution in [0.3, 0.4) is 0 Å². The van der Waals surface area contributed by atoms with Crippen molar-refractivity contribution in [3.05, 3.63) is 58.1 Å². The second-order valence-corrected chi connectivity index (χ2v) is 7.88. The summed E-state index contributed by atoms with van der Waals surface area (Å²) in [7, 11) is -3.90. The van der Waals surface area contributed by atoms with Crippen molar-refractivity contribution in [2.75, 3.05) is 16.2 Å². The van der Waals surface area contributed by atoms with Crippen molar-refractivity contribution in [3.63, 3.8) is 0 Å². The number of sulfonamides is 1. The van der Waals surface area contributed by atoms with E-state index in [9.17, 15) is 23.3 Å². The summed E-state index contributed by atoms with van der Waals surface area (Å²) < 4.78 is 27.6. The number of carbonyl (C=O) groups excluding carboxylic acids is 1. The number of carbonyl (C=O) groups is 1. The Kier molecular flexibility index (Phi) is 5.13. The Labute approximate surface area is 157 Å². The summed E-state index contributed by atoms with van der Waals surface area (Å²) in [6.45, 7) is 2.40. The second-order valence-electron chi connectivity index (χ2n) is 6.20. The standard InChI is InChI=1S/C18H19N3O5S/c1-2-18(22)20-11-3-4-13-5-6-14(12-17(13)20)19-27(25,26)16-9-7-15(8-10-16)21(23)24/h5-10,12,19H,2-4,11H2,1H3. The zero-order valence-electron chi connectivity index (χ0n) is 14.7. The molecule has 0 atom stereocenters. The van der Waals surface area contributed by atoms with Crippen LogP contribution in [0.15, 0.2) is 47.4 Å². The van der Waals surface area contributed by atoms with Crippen LogP contribution in [0.4, 0.5) is 17.1 Å². The molecule has 1 heterocycles. The van der Waals surface area contributed by atoms with Gasteiger partial charge in [-0.3, -0.25) is 19.6 Å². The van der Waals surface area contributed by atoms with E-state index < -0.39 is 14.9 Å². The first-order valence-corrected chi connectivity index (χ1v) is 10.0. The molecule has 0 saturated heterocycles. The third-order valence-electron chi connectivity index (χ3n) is 4.42. The summed E-state index contributed by atoms with van der Waals surface area (Å²) in [6.07, 6.45) is 2.07. The Balaban J connectivity index is 1.89. The first-order chi connectivity index (χ1) is 12.8. The van der Waals surface area contributed by atoms with Gasteiger partial charge in [0, 0.05) is 30.8 Å². The van der Waals surface area contributed by atoms with Gasteiger partial charge in [0.15, 0.2) is 0 Å². The van der Waals surface area contributed by atoms with Crippen LogP contribution in [-0.4, -0.2) is 25.8 Å². The van der Waals surface area contributed by atoms with Gasteiger partial charge in [-0.1, -0.05) is 13.0 Å². The number of nitrogens with one attached hydrogen (secondary N) is 1. The molecule has 142 valence electrons. The Hall–Kier alpha value is -2.94. The van der Waals surface area contributed by atoms with Crippen molar-refractivity contribution >= 4 is 33.0 Å². The summed E-state index contributed by atoms with van der Waals surface area (Å²) in [5.41, 5.74) is 1.87. The lowest BCUT2D eigenvalue weighted by Gasteiger charge is -2.29. The van der Waals surface area contributed by atoms with E-state index in [2.05, 4.69) is 4.72 Å². The molecule has 1 aliphatic rings. The lowest BCUT2D eigenvalue weighted by Crippen LogP contribution is -2.35. The number of non-ortho nitro benzene ring substituents is 1. The van der Waals surface area contributed by atoms with E-state index in [-0.39, 0.29) is 16.5 Å². The topological polar surface area (TPSA) is 110 Å². The predicted octanol–water partition coefficient (Wildman–Crippen LogP) is 3.08. The number of nitro groups is 1. The normalized spacial score (nSPS) is 13.7. The lowest BCUT2D eigenvalue weighted by molar-refractivity contribution is -0.384. The maximum Gasteiger partial charge on any atom is 0.269 e. The van der Waals surface area contributed by atoms with Crippen LogP contribution in [0.5, 0.6) is 0 Å². The molecule has 0 aliphatic carbocycles. The number of fused-ring (bicyclic) bond motifs is 1. The van der Waals surface area contributed by atoms with Gasteiger partial charge in [-0.25, -0.2) is 8.42 Å². The zero-order valence-corrected chi connectivity index (χ0v) is 15.5. The summed E-state index contributed by atoms with van der Waals surface area (Å²) >= 11 is 0. The number of aryl methyl sites for hydroxylation is 1. The summed E-state index contributed by atoms with van der Waals surface area (Å²) in [5.74, 6) is -0.00803. The predicted molar refractivity (Wildman–Crippen MR) is 101 cm³/mol. The molecule has 0 unspecified atom stereocenters. The molecule has 2 aromatic carbocycles. The molecule has 0 bridgehead atoms. The molecule has 0 fully saturated rings. The molecule has 0 spiro atoms. The van der Waals surface area contributed by atoms with Gasteiger partial charge >= 0.3 is 0 Å². The average Bonchev–Trinajstić information content (AvgIpc) is 2.66. The summed E-state index contributed by atoms with van der Waals surface area (Å²) in [5, 5.41) is 10.7. The SMILES string of the molecule is CCC(=O)N1CCCc2ccc(NS(=O)(=O)c3ccc([N+](=O)[O-])cc3)cc21. The highest BCUT2D eigenvalue weighted by molar-refractivity contribution is 7.92. The van der Waals surface area contributed by atoms with Crippen molar-refractivity contribution in [1.82, 2.24) is 0 Å². The number of hydrogen-bond donors (Lipinski definition) is 1. The number of benzene rings is 2. The van der Waals surface area contributed by atoms with Gasteiger partial charge in [0.2, 0.25) is 5.91 Å². The van der Waals surface area contributed by atoms with E-state index in [0.29, 0.717) is 18.7 Å². The fourth-order valence-corrected chi connectivity index (χ4v) is 4.10. The van der Waals surface area contributed by atoms with Crippen LogP contribution in [0.25, 0.3) is 0 Å². The van der Waals surface area contributed by atoms with E-state index in [1.165, 1.54) is 12.1 Å². The van der Waals surface area contributed by atoms with Crippen LogP contribution in [0.1, 0.15) is 25.3 Å². The maximum atomic E-state index is 12.6. The van der Waals surface area contributed by atoms with Crippen molar-refractivity contribution in [1.29, 1.82) is 0 Å². The van der Waals surface area contributed by atoms with Gasteiger partial charge in [-0.2, -0.15) is 0 Å². The zero-order chi connectivity index (χ0) is 19.6. The first-order valence-electron chi connectivity index (χ1n) is 8.52. The molecule has 0 saturated carbocycles. The molecule has 9 heteroatoms. The van der Waals surface area contributed by atoms with Crippen molar-refractivity contribution in [2.24, 2.45) is 0 Å². The quantitative estimate of drug-likeness (QED) is 0.624. The first kappa shape index (κ1) is 18.8. The fraction of sp³-hybridized carbons (Fsp3) is 0.278. The molecule has 0 radical (unpaired) electrons. The molecule has 8 nitrogen and oxygen atoms in total. The fourth-order valence-electron chi connectivity index (χ4n) is 3.05. The van der Waals surface area contributed by atoms with Crippen molar-refractivity contribution in [3.8, 4) is 0 Å². The summed E-state index contributed by atoms with van der Waals surface area (Å²) in [6, 6.07) is 9.79. The number of anilines is 2. The van der Waals surface area contributed by atoms with Gasteiger partial charge in [0.1, 0.15) is 0 Å². The molecule has 3 rings (SSSR count). The smallest absolute Gasteiger partial charge is 0.269 e. The minimum Gasteiger partial charge on any atom is -0.312 e. The monoisotopic (exact) mass is 389 g/mol. The molecule has 1 aliphatic heterocycles. The number of nitro benzene ring substituents is 1. The minimum absolute atomic E-state index is 0.00803. The van der Waals surface area contributed by atoms with Gasteiger partial charge in [0.25, 0.3) is 15.7 Å². The van der Waals surface area contributed by atoms with Crippen molar-refractivity contribution in [2.45, 2.75) is 31.1 Å². The number of nitrogens with zero attached hydrogens (tertiary/aromatic N) is 2. The number of rotatable bonds is 5. The molecular weight excluding hydrogens is 370 g/mol. The van der Waals surface area contributed by atoms with Crippen LogP contribution in [0, 0.1) is 10.1 Å². The van der Waals surface area contributed by atoms with Crippen LogP contribution in [0.2, 0.25) is 0 Å². The van der Waals surface area contributed by atoms with E-state index in [0.717, 1.165) is 36.2 Å². The third-order valence-corrected chi connectivity index (χ3v) is 5.81. The summed E-state index contributed by atoms with van der Waals surface area (Å²) in [4.78, 5) is 23.9. The Bertz CT molecular complexity index is 987. The molecule has 1 amide bonds. The Morgan fingerprint density at radius 2 is 1.93 bits per heavy atom. The highest BCUT2D eigenvalue weighted by atomic mass is 32.2. The molecule has 2 aromatic rings. The maximum absolute atomic E-state index is 12.6. The van der Waals surface area contributed by atoms with Crippen LogP contribution in [-0.2, 0) is 21.2 Å². The van der Waals surface area contributed by atoms with Gasteiger partial charge in [-0.15, -0.1) is 0 Å². The van der Waals surface area contributed by atoms with E-state index in [1.54, 1.807) is 24.0 Å². The van der Waals surface area contributed by atoms with Crippen molar-refractivity contribution < 1.29 is 18.1 Å². The Morgan fingerprint density at radius 3 is 2.56 bits per heavy atom. The van der Waals surface area contributed by atoms with E-state index >= 15 is 0 Å². The Morgan fingerprint density at radius 1 is 1.22 bits per heavy atom. The van der Waals surface area contributed by atoms with Crippen LogP contribution >= 0.6 is 0 Å². The number of amides is 1. The highest BCUT2D eigenvalue weighted by Crippen LogP contribution is 2.31. The average molecular weight is 389 g/mol. The van der Waals surface area contributed by atoms with Gasteiger partial charge in [-0.05, 0) is 42.7 Å².